The number of hydrogen-bond donors (Lipinski definition) is 1. The smallest absolute Gasteiger partial charge is 0.324 e. The molecule has 176 valence electrons. The van der Waals surface area contributed by atoms with E-state index in [9.17, 15) is 14.7 Å². The predicted molar refractivity (Wildman–Crippen MR) is 127 cm³/mol. The second-order valence-electron chi connectivity index (χ2n) is 8.65. The summed E-state index contributed by atoms with van der Waals surface area (Å²) in [6.45, 7) is 2.57. The quantitative estimate of drug-likeness (QED) is 0.130. The standard InChI is InChI=1S/C27H44O4/c1-2-3-4-5-6-7-8-9-10-11-12-13-14-15-16-20-23-31-27(30)25(26(28)29)24-21-18-17-19-22-24/h17-19,21-22,25H,2-16,20,23H2,1H3,(H,28,29). The molecular formula is C27H44O4. The zero-order valence-electron chi connectivity index (χ0n) is 19.7. The van der Waals surface area contributed by atoms with Gasteiger partial charge in [-0.25, -0.2) is 0 Å². The summed E-state index contributed by atoms with van der Waals surface area (Å²) in [5, 5.41) is 9.34. The van der Waals surface area contributed by atoms with Gasteiger partial charge >= 0.3 is 11.9 Å². The molecule has 0 spiro atoms. The number of rotatable bonds is 20. The van der Waals surface area contributed by atoms with E-state index in [0.29, 0.717) is 12.2 Å². The maximum atomic E-state index is 12.1. The maximum Gasteiger partial charge on any atom is 0.324 e. The summed E-state index contributed by atoms with van der Waals surface area (Å²) in [4.78, 5) is 23.6. The molecular weight excluding hydrogens is 388 g/mol. The Bertz CT molecular complexity index is 570. The molecule has 1 aromatic rings. The molecule has 31 heavy (non-hydrogen) atoms. The van der Waals surface area contributed by atoms with Crippen molar-refractivity contribution >= 4 is 11.9 Å². The van der Waals surface area contributed by atoms with E-state index in [1.165, 1.54) is 83.5 Å². The van der Waals surface area contributed by atoms with E-state index in [1.54, 1.807) is 30.3 Å². The zero-order chi connectivity index (χ0) is 22.6. The lowest BCUT2D eigenvalue weighted by Crippen LogP contribution is -2.24. The highest BCUT2D eigenvalue weighted by molar-refractivity contribution is 5.99. The van der Waals surface area contributed by atoms with Crippen molar-refractivity contribution in [3.63, 3.8) is 0 Å². The fourth-order valence-electron chi connectivity index (χ4n) is 3.93. The van der Waals surface area contributed by atoms with Crippen molar-refractivity contribution in [2.24, 2.45) is 0 Å². The monoisotopic (exact) mass is 432 g/mol. The van der Waals surface area contributed by atoms with Crippen molar-refractivity contribution in [1.82, 2.24) is 0 Å². The van der Waals surface area contributed by atoms with Gasteiger partial charge in [0.25, 0.3) is 0 Å². The highest BCUT2D eigenvalue weighted by atomic mass is 16.5. The van der Waals surface area contributed by atoms with E-state index < -0.39 is 17.9 Å². The molecule has 1 aromatic carbocycles. The lowest BCUT2D eigenvalue weighted by atomic mass is 10.00. The normalized spacial score (nSPS) is 11.9. The summed E-state index contributed by atoms with van der Waals surface area (Å²) < 4.78 is 5.22. The molecule has 1 rings (SSSR count). The number of carboxylic acid groups (broad SMARTS) is 1. The Morgan fingerprint density at radius 3 is 1.55 bits per heavy atom. The van der Waals surface area contributed by atoms with Crippen molar-refractivity contribution in [1.29, 1.82) is 0 Å². The van der Waals surface area contributed by atoms with Gasteiger partial charge in [0.1, 0.15) is 0 Å². The molecule has 0 aliphatic heterocycles. The first-order chi connectivity index (χ1) is 15.2. The second-order valence-corrected chi connectivity index (χ2v) is 8.65. The zero-order valence-corrected chi connectivity index (χ0v) is 19.7. The molecule has 0 saturated carbocycles. The van der Waals surface area contributed by atoms with Crippen LogP contribution < -0.4 is 0 Å². The molecule has 1 N–H and O–H groups in total. The first-order valence-electron chi connectivity index (χ1n) is 12.6. The number of carbonyl (C=O) groups excluding carboxylic acids is 1. The van der Waals surface area contributed by atoms with Crippen LogP contribution in [0.2, 0.25) is 0 Å². The summed E-state index contributed by atoms with van der Waals surface area (Å²) in [6, 6.07) is 8.55. The highest BCUT2D eigenvalue weighted by Gasteiger charge is 2.29. The molecule has 4 nitrogen and oxygen atoms in total. The van der Waals surface area contributed by atoms with Gasteiger partial charge in [0, 0.05) is 0 Å². The van der Waals surface area contributed by atoms with Crippen LogP contribution in [0.15, 0.2) is 30.3 Å². The van der Waals surface area contributed by atoms with Crippen molar-refractivity contribution < 1.29 is 19.4 Å². The molecule has 1 unspecified atom stereocenters. The van der Waals surface area contributed by atoms with Crippen molar-refractivity contribution in [2.45, 2.75) is 116 Å². The van der Waals surface area contributed by atoms with Crippen LogP contribution in [0.3, 0.4) is 0 Å². The van der Waals surface area contributed by atoms with E-state index in [-0.39, 0.29) is 0 Å². The molecule has 0 fully saturated rings. The summed E-state index contributed by atoms with van der Waals surface area (Å²) in [5.41, 5.74) is 0.465. The van der Waals surface area contributed by atoms with Gasteiger partial charge in [-0.1, -0.05) is 134 Å². The van der Waals surface area contributed by atoms with Gasteiger partial charge in [0.15, 0.2) is 5.92 Å². The Hall–Kier alpha value is -1.84. The number of aliphatic carboxylic acids is 1. The minimum atomic E-state index is -1.23. The van der Waals surface area contributed by atoms with Crippen molar-refractivity contribution in [2.75, 3.05) is 6.61 Å². The highest BCUT2D eigenvalue weighted by Crippen LogP contribution is 2.18. The minimum absolute atomic E-state index is 0.299. The Morgan fingerprint density at radius 2 is 1.13 bits per heavy atom. The van der Waals surface area contributed by atoms with E-state index in [2.05, 4.69) is 6.92 Å². The van der Waals surface area contributed by atoms with Gasteiger partial charge in [-0.15, -0.1) is 0 Å². The summed E-state index contributed by atoms with van der Waals surface area (Å²) >= 11 is 0. The van der Waals surface area contributed by atoms with Crippen LogP contribution >= 0.6 is 0 Å². The number of hydrogen-bond acceptors (Lipinski definition) is 3. The number of unbranched alkanes of at least 4 members (excludes halogenated alkanes) is 15. The maximum absolute atomic E-state index is 12.1. The molecule has 4 heteroatoms. The molecule has 0 aliphatic carbocycles. The lowest BCUT2D eigenvalue weighted by molar-refractivity contribution is -0.154. The Balaban J connectivity index is 1.92. The van der Waals surface area contributed by atoms with Gasteiger partial charge in [-0.3, -0.25) is 9.59 Å². The van der Waals surface area contributed by atoms with Crippen LogP contribution in [0.4, 0.5) is 0 Å². The SMILES string of the molecule is CCCCCCCCCCCCCCCCCCOC(=O)C(C(=O)O)c1ccccc1. The minimum Gasteiger partial charge on any atom is -0.480 e. The van der Waals surface area contributed by atoms with Gasteiger partial charge in [-0.2, -0.15) is 0 Å². The van der Waals surface area contributed by atoms with Gasteiger partial charge in [-0.05, 0) is 12.0 Å². The molecule has 0 aliphatic rings. The molecule has 0 radical (unpaired) electrons. The number of ether oxygens (including phenoxy) is 1. The summed E-state index contributed by atoms with van der Waals surface area (Å²) in [7, 11) is 0. The lowest BCUT2D eigenvalue weighted by Gasteiger charge is -2.12. The third kappa shape index (κ3) is 14.0. The molecule has 0 heterocycles. The fraction of sp³-hybridized carbons (Fsp3) is 0.704. The first kappa shape index (κ1) is 27.2. The first-order valence-corrected chi connectivity index (χ1v) is 12.6. The van der Waals surface area contributed by atoms with E-state index in [1.807, 2.05) is 0 Å². The summed E-state index contributed by atoms with van der Waals surface area (Å²) in [5.74, 6) is -3.06. The number of carbonyl (C=O) groups is 2. The largest absolute Gasteiger partial charge is 0.480 e. The molecule has 0 aromatic heterocycles. The molecule has 0 amide bonds. The van der Waals surface area contributed by atoms with Crippen LogP contribution in [-0.2, 0) is 14.3 Å². The average Bonchev–Trinajstić information content (AvgIpc) is 2.76. The van der Waals surface area contributed by atoms with Crippen LogP contribution in [0.25, 0.3) is 0 Å². The number of carboxylic acids is 1. The topological polar surface area (TPSA) is 63.6 Å². The molecule has 1 atom stereocenters. The van der Waals surface area contributed by atoms with Gasteiger partial charge in [0.05, 0.1) is 6.61 Å². The van der Waals surface area contributed by atoms with E-state index >= 15 is 0 Å². The predicted octanol–water partition coefficient (Wildman–Crippen LogP) is 7.66. The van der Waals surface area contributed by atoms with Gasteiger partial charge in [0.2, 0.25) is 0 Å². The average molecular weight is 433 g/mol. The second kappa shape index (κ2) is 18.9. The van der Waals surface area contributed by atoms with E-state index in [0.717, 1.165) is 19.3 Å². The van der Waals surface area contributed by atoms with Crippen LogP contribution in [0.1, 0.15) is 121 Å². The third-order valence-corrected chi connectivity index (χ3v) is 5.86. The third-order valence-electron chi connectivity index (χ3n) is 5.86. The number of benzene rings is 1. The van der Waals surface area contributed by atoms with Crippen LogP contribution in [0.5, 0.6) is 0 Å². The van der Waals surface area contributed by atoms with Crippen LogP contribution in [0, 0.1) is 0 Å². The molecule has 0 bridgehead atoms. The summed E-state index contributed by atoms with van der Waals surface area (Å²) in [6.07, 6.45) is 20.7. The van der Waals surface area contributed by atoms with Crippen LogP contribution in [-0.4, -0.2) is 23.7 Å². The molecule has 0 saturated heterocycles. The van der Waals surface area contributed by atoms with Crippen molar-refractivity contribution in [3.8, 4) is 0 Å². The van der Waals surface area contributed by atoms with Gasteiger partial charge < -0.3 is 9.84 Å². The van der Waals surface area contributed by atoms with E-state index in [4.69, 9.17) is 4.74 Å². The fourth-order valence-corrected chi connectivity index (χ4v) is 3.93. The number of esters is 1. The van der Waals surface area contributed by atoms with Crippen molar-refractivity contribution in [3.05, 3.63) is 35.9 Å². The Kier molecular flexibility index (Phi) is 16.6. The Labute approximate surface area is 189 Å². The Morgan fingerprint density at radius 1 is 0.710 bits per heavy atom.